The number of para-hydroxylation sites is 1. The van der Waals surface area contributed by atoms with Crippen LogP contribution < -0.4 is 0 Å². The number of hydrogen-bond acceptors (Lipinski definition) is 3. The summed E-state index contributed by atoms with van der Waals surface area (Å²) in [6.45, 7) is 3.18. The Hall–Kier alpha value is -1.94. The van der Waals surface area contributed by atoms with Crippen molar-refractivity contribution in [3.63, 3.8) is 0 Å². The number of Topliss-reactive ketones (excluding diaryl/α,β-unsaturated/α-hetero) is 2. The third-order valence-electron chi connectivity index (χ3n) is 4.34. The monoisotopic (exact) mass is 284 g/mol. The van der Waals surface area contributed by atoms with E-state index in [0.717, 1.165) is 29.6 Å². The fourth-order valence-electron chi connectivity index (χ4n) is 3.21. The van der Waals surface area contributed by atoms with Gasteiger partial charge >= 0.3 is 0 Å². The quantitative estimate of drug-likeness (QED) is 0.881. The number of aromatic amines is 1. The molecule has 1 aromatic carbocycles. The van der Waals surface area contributed by atoms with Gasteiger partial charge in [0.2, 0.25) is 0 Å². The van der Waals surface area contributed by atoms with E-state index in [9.17, 15) is 9.59 Å². The maximum Gasteiger partial charge on any atom is 0.176 e. The normalized spacial score (nSPS) is 20.1. The summed E-state index contributed by atoms with van der Waals surface area (Å²) in [6, 6.07) is 7.91. The molecule has 3 rings (SSSR count). The third kappa shape index (κ3) is 2.63. The summed E-state index contributed by atoms with van der Waals surface area (Å²) in [6.07, 6.45) is 1.25. The Morgan fingerprint density at radius 1 is 1.38 bits per heavy atom. The van der Waals surface area contributed by atoms with E-state index in [0.29, 0.717) is 24.3 Å². The van der Waals surface area contributed by atoms with E-state index in [2.05, 4.69) is 9.88 Å². The van der Waals surface area contributed by atoms with Gasteiger partial charge in [0.05, 0.1) is 5.69 Å². The SMILES string of the molecule is CC(=O)c1[nH]c2ccccc2c1CC1CN(C)CCC1=O. The van der Waals surface area contributed by atoms with Crippen molar-refractivity contribution in [1.82, 2.24) is 9.88 Å². The zero-order valence-electron chi connectivity index (χ0n) is 12.5. The summed E-state index contributed by atoms with van der Waals surface area (Å²) >= 11 is 0. The van der Waals surface area contributed by atoms with Gasteiger partial charge in [0, 0.05) is 43.3 Å². The van der Waals surface area contributed by atoms with Crippen molar-refractivity contribution in [2.24, 2.45) is 5.92 Å². The highest BCUT2D eigenvalue weighted by molar-refractivity contribution is 6.01. The molecular weight excluding hydrogens is 264 g/mol. The first-order valence-electron chi connectivity index (χ1n) is 7.38. The summed E-state index contributed by atoms with van der Waals surface area (Å²) in [5.41, 5.74) is 2.61. The van der Waals surface area contributed by atoms with Crippen LogP contribution in [0.2, 0.25) is 0 Å². The molecule has 4 heteroatoms. The van der Waals surface area contributed by atoms with Crippen LogP contribution in [0.15, 0.2) is 24.3 Å². The van der Waals surface area contributed by atoms with Crippen LogP contribution in [0.3, 0.4) is 0 Å². The number of hydrogen-bond donors (Lipinski definition) is 1. The molecule has 0 amide bonds. The second-order valence-electron chi connectivity index (χ2n) is 5.96. The Bertz CT molecular complexity index is 702. The van der Waals surface area contributed by atoms with Crippen molar-refractivity contribution in [2.45, 2.75) is 19.8 Å². The predicted molar refractivity (Wildman–Crippen MR) is 82.6 cm³/mol. The second-order valence-corrected chi connectivity index (χ2v) is 5.96. The zero-order chi connectivity index (χ0) is 15.0. The van der Waals surface area contributed by atoms with Crippen molar-refractivity contribution >= 4 is 22.5 Å². The topological polar surface area (TPSA) is 53.2 Å². The van der Waals surface area contributed by atoms with Crippen LogP contribution >= 0.6 is 0 Å². The van der Waals surface area contributed by atoms with Crippen LogP contribution in [0.5, 0.6) is 0 Å². The number of likely N-dealkylation sites (tertiary alicyclic amines) is 1. The van der Waals surface area contributed by atoms with Crippen molar-refractivity contribution in [2.75, 3.05) is 20.1 Å². The number of rotatable bonds is 3. The first-order valence-corrected chi connectivity index (χ1v) is 7.38. The van der Waals surface area contributed by atoms with Gasteiger partial charge in [0.15, 0.2) is 5.78 Å². The van der Waals surface area contributed by atoms with Crippen molar-refractivity contribution in [3.8, 4) is 0 Å². The number of ketones is 2. The number of carbonyl (C=O) groups is 2. The predicted octanol–water partition coefficient (Wildman–Crippen LogP) is 2.43. The molecule has 1 fully saturated rings. The molecule has 21 heavy (non-hydrogen) atoms. The van der Waals surface area contributed by atoms with Crippen LogP contribution in [-0.2, 0) is 11.2 Å². The van der Waals surface area contributed by atoms with Gasteiger partial charge in [-0.05, 0) is 25.1 Å². The summed E-state index contributed by atoms with van der Waals surface area (Å²) in [5.74, 6) is 0.326. The minimum atomic E-state index is -0.0129. The number of H-pyrrole nitrogens is 1. The molecule has 0 aliphatic carbocycles. The summed E-state index contributed by atoms with van der Waals surface area (Å²) in [5, 5.41) is 1.06. The van der Waals surface area contributed by atoms with Gasteiger partial charge in [0.1, 0.15) is 5.78 Å². The van der Waals surface area contributed by atoms with Crippen molar-refractivity contribution < 1.29 is 9.59 Å². The molecule has 1 aliphatic rings. The number of piperidine rings is 1. The minimum Gasteiger partial charge on any atom is -0.352 e. The molecule has 110 valence electrons. The molecule has 2 heterocycles. The highest BCUT2D eigenvalue weighted by Gasteiger charge is 2.28. The lowest BCUT2D eigenvalue weighted by molar-refractivity contribution is -0.125. The number of aromatic nitrogens is 1. The van der Waals surface area contributed by atoms with E-state index in [4.69, 9.17) is 0 Å². The van der Waals surface area contributed by atoms with Gasteiger partial charge in [-0.15, -0.1) is 0 Å². The molecule has 2 aromatic rings. The summed E-state index contributed by atoms with van der Waals surface area (Å²) in [7, 11) is 2.04. The molecule has 0 bridgehead atoms. The maximum atomic E-state index is 12.2. The van der Waals surface area contributed by atoms with Gasteiger partial charge in [0.25, 0.3) is 0 Å². The highest BCUT2D eigenvalue weighted by atomic mass is 16.1. The Labute approximate surface area is 124 Å². The van der Waals surface area contributed by atoms with E-state index in [1.807, 2.05) is 31.3 Å². The van der Waals surface area contributed by atoms with Gasteiger partial charge in [-0.25, -0.2) is 0 Å². The van der Waals surface area contributed by atoms with Crippen molar-refractivity contribution in [3.05, 3.63) is 35.5 Å². The van der Waals surface area contributed by atoms with Crippen LogP contribution in [0, 0.1) is 5.92 Å². The van der Waals surface area contributed by atoms with E-state index >= 15 is 0 Å². The molecule has 0 saturated carbocycles. The van der Waals surface area contributed by atoms with Crippen LogP contribution in [0.25, 0.3) is 10.9 Å². The first-order chi connectivity index (χ1) is 10.1. The summed E-state index contributed by atoms with van der Waals surface area (Å²) in [4.78, 5) is 29.5. The van der Waals surface area contributed by atoms with Gasteiger partial charge in [-0.3, -0.25) is 9.59 Å². The average molecular weight is 284 g/mol. The molecule has 1 aliphatic heterocycles. The van der Waals surface area contributed by atoms with Gasteiger partial charge in [-0.1, -0.05) is 18.2 Å². The standard InChI is InChI=1S/C17H20N2O2/c1-11(20)17-14(13-5-3-4-6-15(13)18-17)9-12-10-19(2)8-7-16(12)21/h3-6,12,18H,7-10H2,1-2H3. The number of carbonyl (C=O) groups excluding carboxylic acids is 2. The number of nitrogens with zero attached hydrogens (tertiary/aromatic N) is 1. The number of benzene rings is 1. The Balaban J connectivity index is 2.00. The van der Waals surface area contributed by atoms with Crippen LogP contribution in [0.4, 0.5) is 0 Å². The minimum absolute atomic E-state index is 0.0129. The molecular formula is C17H20N2O2. The number of nitrogens with one attached hydrogen (secondary N) is 1. The fraction of sp³-hybridized carbons (Fsp3) is 0.412. The fourth-order valence-corrected chi connectivity index (χ4v) is 3.21. The lowest BCUT2D eigenvalue weighted by atomic mass is 9.89. The molecule has 1 aromatic heterocycles. The molecule has 0 radical (unpaired) electrons. The van der Waals surface area contributed by atoms with Crippen LogP contribution in [0.1, 0.15) is 29.4 Å². The lowest BCUT2D eigenvalue weighted by Crippen LogP contribution is -2.39. The molecule has 0 spiro atoms. The first kappa shape index (κ1) is 14.0. The lowest BCUT2D eigenvalue weighted by Gasteiger charge is -2.28. The third-order valence-corrected chi connectivity index (χ3v) is 4.34. The van der Waals surface area contributed by atoms with Gasteiger partial charge in [-0.2, -0.15) is 0 Å². The van der Waals surface area contributed by atoms with E-state index in [-0.39, 0.29) is 11.7 Å². The largest absolute Gasteiger partial charge is 0.352 e. The Morgan fingerprint density at radius 2 is 2.14 bits per heavy atom. The number of fused-ring (bicyclic) bond motifs is 1. The Kier molecular flexibility index (Phi) is 3.64. The zero-order valence-corrected chi connectivity index (χ0v) is 12.5. The summed E-state index contributed by atoms with van der Waals surface area (Å²) < 4.78 is 0. The maximum absolute atomic E-state index is 12.2. The molecule has 4 nitrogen and oxygen atoms in total. The molecule has 1 unspecified atom stereocenters. The molecule has 1 saturated heterocycles. The highest BCUT2D eigenvalue weighted by Crippen LogP contribution is 2.27. The van der Waals surface area contributed by atoms with Crippen LogP contribution in [-0.4, -0.2) is 41.6 Å². The van der Waals surface area contributed by atoms with E-state index in [1.54, 1.807) is 6.92 Å². The Morgan fingerprint density at radius 3 is 2.90 bits per heavy atom. The second kappa shape index (κ2) is 5.45. The van der Waals surface area contributed by atoms with E-state index < -0.39 is 0 Å². The smallest absolute Gasteiger partial charge is 0.176 e. The molecule has 1 atom stereocenters. The van der Waals surface area contributed by atoms with Crippen molar-refractivity contribution in [1.29, 1.82) is 0 Å². The van der Waals surface area contributed by atoms with Gasteiger partial charge < -0.3 is 9.88 Å². The van der Waals surface area contributed by atoms with E-state index in [1.165, 1.54) is 0 Å². The average Bonchev–Trinajstić information content (AvgIpc) is 2.82. The molecule has 1 N–H and O–H groups in total.